The van der Waals surface area contributed by atoms with Crippen LogP contribution in [0.2, 0.25) is 19.6 Å². The van der Waals surface area contributed by atoms with Crippen molar-refractivity contribution in [2.75, 3.05) is 0 Å². The Morgan fingerprint density at radius 1 is 0.844 bits per heavy atom. The van der Waals surface area contributed by atoms with E-state index in [1.165, 1.54) is 29.6 Å². The zero-order valence-corrected chi connectivity index (χ0v) is 28.4. The molecule has 0 N–H and O–H groups in total. The maximum absolute atomic E-state index is 13.7. The third kappa shape index (κ3) is 7.54. The molecule has 45 heavy (non-hydrogen) atoms. The second-order valence-corrected chi connectivity index (χ2v) is 16.5. The van der Waals surface area contributed by atoms with Crippen molar-refractivity contribution < 1.29 is 35.8 Å². The number of nitrogens with zero attached hydrogens (tertiary/aromatic N) is 2. The fourth-order valence-electron chi connectivity index (χ4n) is 4.82. The summed E-state index contributed by atoms with van der Waals surface area (Å²) >= 11 is 0. The van der Waals surface area contributed by atoms with E-state index >= 15 is 0 Å². The van der Waals surface area contributed by atoms with Crippen LogP contribution < -0.4 is 5.19 Å². The van der Waals surface area contributed by atoms with E-state index in [0.717, 1.165) is 22.0 Å². The van der Waals surface area contributed by atoms with E-state index in [9.17, 15) is 4.39 Å². The Morgan fingerprint density at radius 2 is 1.69 bits per heavy atom. The quantitative estimate of drug-likeness (QED) is 0.129. The fraction of sp³-hybridized carbons (Fsp3) is 0.128. The van der Waals surface area contributed by atoms with Crippen LogP contribution in [-0.2, 0) is 26.5 Å². The molecule has 0 amide bonds. The van der Waals surface area contributed by atoms with Crippen molar-refractivity contribution in [3.05, 3.63) is 150 Å². The van der Waals surface area contributed by atoms with Crippen LogP contribution in [0.15, 0.2) is 120 Å². The van der Waals surface area contributed by atoms with Gasteiger partial charge in [0.2, 0.25) is 0 Å². The van der Waals surface area contributed by atoms with Crippen LogP contribution in [0.3, 0.4) is 0 Å². The summed E-state index contributed by atoms with van der Waals surface area (Å²) in [5.41, 5.74) is 5.27. The molecule has 0 aliphatic rings. The van der Waals surface area contributed by atoms with Gasteiger partial charge in [-0.15, -0.1) is 53.6 Å². The first-order valence-corrected chi connectivity index (χ1v) is 17.8. The molecular weight excluding hydrogens is 752 g/mol. The van der Waals surface area contributed by atoms with Gasteiger partial charge >= 0.3 is 0 Å². The maximum atomic E-state index is 13.7. The average Bonchev–Trinajstić information content (AvgIpc) is 3.47. The van der Waals surface area contributed by atoms with Crippen LogP contribution >= 0.6 is 0 Å². The summed E-state index contributed by atoms with van der Waals surface area (Å²) < 4.78 is 59.0. The van der Waals surface area contributed by atoms with E-state index in [4.69, 9.17) is 11.3 Å². The molecule has 0 fully saturated rings. The van der Waals surface area contributed by atoms with Crippen molar-refractivity contribution in [1.29, 1.82) is 0 Å². The Kier molecular flexibility index (Phi) is 8.00. The minimum atomic E-state index is -2.08. The first-order valence-electron chi connectivity index (χ1n) is 16.8. The van der Waals surface area contributed by atoms with Gasteiger partial charge in [-0.25, -0.2) is 4.39 Å². The van der Waals surface area contributed by atoms with Gasteiger partial charge in [0.25, 0.3) is 0 Å². The van der Waals surface area contributed by atoms with Gasteiger partial charge in [-0.05, 0) is 58.3 Å². The summed E-state index contributed by atoms with van der Waals surface area (Å²) in [5, 5.41) is 2.91. The van der Waals surface area contributed by atoms with E-state index < -0.39 is 21.3 Å². The summed E-state index contributed by atoms with van der Waals surface area (Å²) in [6.07, 6.45) is 1.69. The number of rotatable bonds is 5. The molecule has 0 atom stereocenters. The van der Waals surface area contributed by atoms with Crippen molar-refractivity contribution in [1.82, 2.24) is 9.97 Å². The summed E-state index contributed by atoms with van der Waals surface area (Å²) in [7, 11) is -1.34. The van der Waals surface area contributed by atoms with Crippen molar-refractivity contribution in [2.24, 2.45) is 0 Å². The zero-order chi connectivity index (χ0) is 35.0. The number of pyridine rings is 2. The van der Waals surface area contributed by atoms with Gasteiger partial charge in [-0.3, -0.25) is 0 Å². The summed E-state index contributed by atoms with van der Waals surface area (Å²) in [6, 6.07) is 35.7. The SMILES string of the molecule is [2H]C([2H])([2H])c1c[c-]c(-c2ccc([Si](C)(C)C)cn2)cc1.[2H]C([2H])(c1ccccc1)c1ccc2oc3c(-c4cc(F)ccn4)[c-]ccc3c2c1.[Ir]. The molecule has 7 rings (SSSR count). The van der Waals surface area contributed by atoms with E-state index in [1.54, 1.807) is 42.5 Å². The molecule has 0 aliphatic carbocycles. The second-order valence-electron chi connectivity index (χ2n) is 11.4. The second kappa shape index (κ2) is 13.8. The van der Waals surface area contributed by atoms with Crippen LogP contribution in [-0.4, -0.2) is 18.0 Å². The molecular formula is C39H33FIrN2OSi-2. The number of furan rings is 1. The molecule has 4 aromatic carbocycles. The number of fused-ring (bicyclic) bond motifs is 3. The first kappa shape index (κ1) is 26.0. The molecule has 3 heterocycles. The third-order valence-corrected chi connectivity index (χ3v) is 9.22. The van der Waals surface area contributed by atoms with Crippen molar-refractivity contribution >= 4 is 35.2 Å². The number of hydrogen-bond acceptors (Lipinski definition) is 3. The number of hydrogen-bond donors (Lipinski definition) is 0. The van der Waals surface area contributed by atoms with Gasteiger partial charge in [0.05, 0.1) is 13.7 Å². The summed E-state index contributed by atoms with van der Waals surface area (Å²) in [6.45, 7) is 4.76. The van der Waals surface area contributed by atoms with E-state index in [-0.39, 0.29) is 25.9 Å². The minimum Gasteiger partial charge on any atom is -0.501 e. The molecule has 6 heteroatoms. The van der Waals surface area contributed by atoms with Gasteiger partial charge in [0, 0.05) is 44.7 Å². The molecule has 0 unspecified atom stereocenters. The van der Waals surface area contributed by atoms with Crippen LogP contribution in [0.4, 0.5) is 4.39 Å². The van der Waals surface area contributed by atoms with Gasteiger partial charge in [0.15, 0.2) is 0 Å². The number of aryl methyl sites for hydroxylation is 1. The Morgan fingerprint density at radius 3 is 2.38 bits per heavy atom. The van der Waals surface area contributed by atoms with Gasteiger partial charge in [-0.2, -0.15) is 0 Å². The van der Waals surface area contributed by atoms with Crippen LogP contribution in [0, 0.1) is 24.8 Å². The molecule has 0 saturated carbocycles. The van der Waals surface area contributed by atoms with Crippen LogP contribution in [0.1, 0.15) is 23.5 Å². The van der Waals surface area contributed by atoms with Crippen molar-refractivity contribution in [3.8, 4) is 22.5 Å². The molecule has 0 spiro atoms. The molecule has 0 bridgehead atoms. The molecule has 0 aliphatic heterocycles. The molecule has 227 valence electrons. The Balaban J connectivity index is 0.000000204. The summed E-state index contributed by atoms with van der Waals surface area (Å²) in [4.78, 5) is 8.71. The minimum absolute atomic E-state index is 0. The monoisotopic (exact) mass is 790 g/mol. The maximum Gasteiger partial charge on any atom is 0.120 e. The third-order valence-electron chi connectivity index (χ3n) is 7.19. The smallest absolute Gasteiger partial charge is 0.120 e. The topological polar surface area (TPSA) is 38.9 Å². The van der Waals surface area contributed by atoms with Crippen molar-refractivity contribution in [2.45, 2.75) is 32.9 Å². The van der Waals surface area contributed by atoms with Gasteiger partial charge in [-0.1, -0.05) is 86.0 Å². The van der Waals surface area contributed by atoms with E-state index in [0.29, 0.717) is 39.1 Å². The summed E-state index contributed by atoms with van der Waals surface area (Å²) in [5.74, 6) is -0.380. The van der Waals surface area contributed by atoms with Crippen LogP contribution in [0.25, 0.3) is 44.5 Å². The van der Waals surface area contributed by atoms with E-state index in [2.05, 4.69) is 47.8 Å². The first-order chi connectivity index (χ1) is 23.2. The number of benzene rings is 4. The molecule has 3 aromatic heterocycles. The molecule has 1 radical (unpaired) electrons. The number of aromatic nitrogens is 2. The predicted molar refractivity (Wildman–Crippen MR) is 181 cm³/mol. The molecule has 3 nitrogen and oxygen atoms in total. The molecule has 0 saturated heterocycles. The van der Waals surface area contributed by atoms with Crippen molar-refractivity contribution in [3.63, 3.8) is 0 Å². The van der Waals surface area contributed by atoms with E-state index in [1.807, 2.05) is 42.6 Å². The number of halogens is 1. The average molecular weight is 790 g/mol. The van der Waals surface area contributed by atoms with Gasteiger partial charge in [0.1, 0.15) is 11.4 Å². The Labute approximate surface area is 285 Å². The normalized spacial score (nSPS) is 13.4. The Hall–Kier alpha value is -4.22. The molecule has 7 aromatic rings. The largest absolute Gasteiger partial charge is 0.501 e. The Bertz CT molecular complexity index is 2180. The predicted octanol–water partition coefficient (Wildman–Crippen LogP) is 9.58. The standard InChI is InChI=1S/C24H15FNO.C15H18NSi.Ir/c25-18-11-12-26-22(15-18)20-8-4-7-19-21-14-17(9-10-23(21)27-24(19)20)13-16-5-2-1-3-6-16;1-12-5-7-13(8-6-12)15-10-9-14(11-16-15)17(2,3)4;/h1-7,9-12,14-15H,13H2;5-7,9-11H,1-4H3;/q2*-1;/i13D2;1D3;. The fourth-order valence-corrected chi connectivity index (χ4v) is 5.86. The van der Waals surface area contributed by atoms with Crippen LogP contribution in [0.5, 0.6) is 0 Å². The van der Waals surface area contributed by atoms with Gasteiger partial charge < -0.3 is 14.4 Å². The zero-order valence-electron chi connectivity index (χ0n) is 30.0.